The molecule has 2 rings (SSSR count). The van der Waals surface area contributed by atoms with Crippen LogP contribution in [-0.4, -0.2) is 30.3 Å². The van der Waals surface area contributed by atoms with Gasteiger partial charge in [-0.2, -0.15) is 0 Å². The van der Waals surface area contributed by atoms with Crippen molar-refractivity contribution >= 4 is 22.7 Å². The van der Waals surface area contributed by atoms with Crippen LogP contribution in [0, 0.1) is 0 Å². The number of aryl methyl sites for hydroxylation is 1. The molecule has 1 aromatic heterocycles. The summed E-state index contributed by atoms with van der Waals surface area (Å²) >= 11 is 0. The quantitative estimate of drug-likeness (QED) is 0.610. The summed E-state index contributed by atoms with van der Waals surface area (Å²) in [6, 6.07) is 5.80. The van der Waals surface area contributed by atoms with Crippen LogP contribution in [0.2, 0.25) is 0 Å². The maximum absolute atomic E-state index is 5.76. The van der Waals surface area contributed by atoms with Crippen molar-refractivity contribution < 1.29 is 4.74 Å². The highest BCUT2D eigenvalue weighted by molar-refractivity contribution is 5.81. The van der Waals surface area contributed by atoms with Crippen LogP contribution < -0.4 is 11.1 Å². The predicted octanol–water partition coefficient (Wildman–Crippen LogP) is 1.70. The average molecular weight is 234 g/mol. The first-order valence-corrected chi connectivity index (χ1v) is 5.68. The number of hydrogen-bond acceptors (Lipinski definition) is 4. The lowest BCUT2D eigenvalue weighted by Gasteiger charge is -2.07. The standard InChI is InChI=1S/C12H18N4O/c1-14-12-15-10-8-9(13)4-5-11(10)16(12)6-3-7-17-2/h4-5,8H,3,6-7,13H2,1-2H3,(H,14,15). The van der Waals surface area contributed by atoms with Crippen molar-refractivity contribution in [3.63, 3.8) is 0 Å². The first-order valence-electron chi connectivity index (χ1n) is 5.68. The van der Waals surface area contributed by atoms with Crippen molar-refractivity contribution in [1.29, 1.82) is 0 Å². The van der Waals surface area contributed by atoms with E-state index in [1.165, 1.54) is 0 Å². The lowest BCUT2D eigenvalue weighted by Crippen LogP contribution is -2.05. The van der Waals surface area contributed by atoms with Crippen LogP contribution in [0.3, 0.4) is 0 Å². The van der Waals surface area contributed by atoms with Gasteiger partial charge in [0.1, 0.15) is 0 Å². The summed E-state index contributed by atoms with van der Waals surface area (Å²) < 4.78 is 7.22. The molecule has 5 nitrogen and oxygen atoms in total. The molecule has 92 valence electrons. The van der Waals surface area contributed by atoms with Crippen LogP contribution >= 0.6 is 0 Å². The fraction of sp³-hybridized carbons (Fsp3) is 0.417. The van der Waals surface area contributed by atoms with E-state index < -0.39 is 0 Å². The number of nitrogens with zero attached hydrogens (tertiary/aromatic N) is 2. The lowest BCUT2D eigenvalue weighted by atomic mass is 10.3. The molecule has 3 N–H and O–H groups in total. The molecule has 0 spiro atoms. The molecule has 5 heteroatoms. The number of methoxy groups -OCH3 is 1. The van der Waals surface area contributed by atoms with E-state index >= 15 is 0 Å². The first-order chi connectivity index (χ1) is 8.26. The van der Waals surface area contributed by atoms with Gasteiger partial charge in [0.15, 0.2) is 0 Å². The number of hydrogen-bond donors (Lipinski definition) is 2. The van der Waals surface area contributed by atoms with Crippen LogP contribution in [0.5, 0.6) is 0 Å². The molecule has 0 saturated carbocycles. The summed E-state index contributed by atoms with van der Waals surface area (Å²) in [6.45, 7) is 1.63. The maximum Gasteiger partial charge on any atom is 0.203 e. The van der Waals surface area contributed by atoms with E-state index in [-0.39, 0.29) is 0 Å². The minimum Gasteiger partial charge on any atom is -0.399 e. The molecule has 0 unspecified atom stereocenters. The molecule has 17 heavy (non-hydrogen) atoms. The summed E-state index contributed by atoms with van der Waals surface area (Å²) in [7, 11) is 3.59. The van der Waals surface area contributed by atoms with Gasteiger partial charge >= 0.3 is 0 Å². The number of nitrogen functional groups attached to an aromatic ring is 1. The molecule has 0 radical (unpaired) electrons. The maximum atomic E-state index is 5.76. The average Bonchev–Trinajstić information content (AvgIpc) is 2.67. The topological polar surface area (TPSA) is 65.1 Å². The first kappa shape index (κ1) is 11.7. The Morgan fingerprint density at radius 3 is 3.00 bits per heavy atom. The molecule has 1 heterocycles. The Labute approximate surface area is 101 Å². The Bertz CT molecular complexity index is 506. The van der Waals surface area contributed by atoms with Gasteiger partial charge in [-0.25, -0.2) is 4.98 Å². The van der Waals surface area contributed by atoms with Crippen LogP contribution in [0.4, 0.5) is 11.6 Å². The highest BCUT2D eigenvalue weighted by Crippen LogP contribution is 2.21. The summed E-state index contributed by atoms with van der Waals surface area (Å²) in [5.41, 5.74) is 8.51. The second kappa shape index (κ2) is 5.05. The van der Waals surface area contributed by atoms with Crippen molar-refractivity contribution in [2.75, 3.05) is 31.8 Å². The summed E-state index contributed by atoms with van der Waals surface area (Å²) in [4.78, 5) is 4.50. The molecule has 0 saturated heterocycles. The van der Waals surface area contributed by atoms with Gasteiger partial charge in [-0.15, -0.1) is 0 Å². The number of nitrogens with one attached hydrogen (secondary N) is 1. The van der Waals surface area contributed by atoms with Crippen LogP contribution in [0.25, 0.3) is 11.0 Å². The van der Waals surface area contributed by atoms with E-state index in [0.29, 0.717) is 0 Å². The molecule has 0 aliphatic carbocycles. The predicted molar refractivity (Wildman–Crippen MR) is 70.2 cm³/mol. The lowest BCUT2D eigenvalue weighted by molar-refractivity contribution is 0.191. The van der Waals surface area contributed by atoms with Gasteiger partial charge in [0.2, 0.25) is 5.95 Å². The van der Waals surface area contributed by atoms with Crippen LogP contribution in [0.15, 0.2) is 18.2 Å². The second-order valence-corrected chi connectivity index (χ2v) is 3.93. The Morgan fingerprint density at radius 1 is 1.47 bits per heavy atom. The number of fused-ring (bicyclic) bond motifs is 1. The van der Waals surface area contributed by atoms with Gasteiger partial charge in [0.05, 0.1) is 11.0 Å². The van der Waals surface area contributed by atoms with Gasteiger partial charge in [0.25, 0.3) is 0 Å². The number of aromatic nitrogens is 2. The molecule has 2 aromatic rings. The van der Waals surface area contributed by atoms with Crippen molar-refractivity contribution in [2.24, 2.45) is 0 Å². The molecule has 0 aliphatic rings. The summed E-state index contributed by atoms with van der Waals surface area (Å²) in [5.74, 6) is 0.863. The van der Waals surface area contributed by atoms with Gasteiger partial charge < -0.3 is 20.4 Å². The monoisotopic (exact) mass is 234 g/mol. The van der Waals surface area contributed by atoms with Crippen molar-refractivity contribution in [3.8, 4) is 0 Å². The Balaban J connectivity index is 2.36. The van der Waals surface area contributed by atoms with Crippen molar-refractivity contribution in [3.05, 3.63) is 18.2 Å². The Kier molecular flexibility index (Phi) is 3.49. The fourth-order valence-corrected chi connectivity index (χ4v) is 1.93. The van der Waals surface area contributed by atoms with Gasteiger partial charge in [-0.3, -0.25) is 0 Å². The third-order valence-corrected chi connectivity index (χ3v) is 2.73. The minimum absolute atomic E-state index is 0.738. The zero-order valence-corrected chi connectivity index (χ0v) is 10.2. The highest BCUT2D eigenvalue weighted by Gasteiger charge is 2.09. The van der Waals surface area contributed by atoms with Crippen LogP contribution in [0.1, 0.15) is 6.42 Å². The van der Waals surface area contributed by atoms with E-state index in [4.69, 9.17) is 10.5 Å². The van der Waals surface area contributed by atoms with Crippen molar-refractivity contribution in [1.82, 2.24) is 9.55 Å². The summed E-state index contributed by atoms with van der Waals surface area (Å²) in [5, 5.41) is 3.10. The largest absolute Gasteiger partial charge is 0.399 e. The van der Waals surface area contributed by atoms with E-state index in [0.717, 1.165) is 42.2 Å². The number of anilines is 2. The molecule has 0 bridgehead atoms. The molecule has 0 atom stereocenters. The highest BCUT2D eigenvalue weighted by atomic mass is 16.5. The molecule has 0 fully saturated rings. The fourth-order valence-electron chi connectivity index (χ4n) is 1.93. The second-order valence-electron chi connectivity index (χ2n) is 3.93. The van der Waals surface area contributed by atoms with Crippen LogP contribution in [-0.2, 0) is 11.3 Å². The number of nitrogens with two attached hydrogens (primary N) is 1. The number of rotatable bonds is 5. The van der Waals surface area contributed by atoms with Gasteiger partial charge in [-0.1, -0.05) is 0 Å². The molecular formula is C12H18N4O. The molecular weight excluding hydrogens is 216 g/mol. The number of benzene rings is 1. The zero-order valence-electron chi connectivity index (χ0n) is 10.2. The molecule has 1 aromatic carbocycles. The Morgan fingerprint density at radius 2 is 2.29 bits per heavy atom. The minimum atomic E-state index is 0.738. The Hall–Kier alpha value is -1.75. The number of ether oxygens (including phenoxy) is 1. The normalized spacial score (nSPS) is 10.9. The zero-order chi connectivity index (χ0) is 12.3. The van der Waals surface area contributed by atoms with Crippen molar-refractivity contribution in [2.45, 2.75) is 13.0 Å². The van der Waals surface area contributed by atoms with Gasteiger partial charge in [0, 0.05) is 33.0 Å². The third-order valence-electron chi connectivity index (χ3n) is 2.73. The molecule has 0 aliphatic heterocycles. The van der Waals surface area contributed by atoms with E-state index in [9.17, 15) is 0 Å². The third kappa shape index (κ3) is 2.34. The number of imidazole rings is 1. The SMILES string of the molecule is CNc1nc2cc(N)ccc2n1CCCOC. The molecule has 0 amide bonds. The van der Waals surface area contributed by atoms with E-state index in [2.05, 4.69) is 14.9 Å². The van der Waals surface area contributed by atoms with Gasteiger partial charge in [-0.05, 0) is 24.6 Å². The van der Waals surface area contributed by atoms with E-state index in [1.807, 2.05) is 25.2 Å². The summed E-state index contributed by atoms with van der Waals surface area (Å²) in [6.07, 6.45) is 0.959. The smallest absolute Gasteiger partial charge is 0.203 e. The van der Waals surface area contributed by atoms with E-state index in [1.54, 1.807) is 7.11 Å².